The summed E-state index contributed by atoms with van der Waals surface area (Å²) in [6, 6.07) is 7.95. The summed E-state index contributed by atoms with van der Waals surface area (Å²) in [6.07, 6.45) is -5.50. The molecule has 1 heterocycles. The summed E-state index contributed by atoms with van der Waals surface area (Å²) in [7, 11) is 1.48. The molecule has 1 saturated carbocycles. The first-order chi connectivity index (χ1) is 16.9. The van der Waals surface area contributed by atoms with Gasteiger partial charge in [-0.25, -0.2) is 18.7 Å². The molecule has 0 unspecified atom stereocenters. The van der Waals surface area contributed by atoms with Gasteiger partial charge in [-0.1, -0.05) is 12.1 Å². The van der Waals surface area contributed by atoms with Gasteiger partial charge < -0.3 is 19.5 Å². The smallest absolute Gasteiger partial charge is 0.416 e. The highest BCUT2D eigenvalue weighted by atomic mass is 19.4. The zero-order chi connectivity index (χ0) is 26.1. The molecule has 1 fully saturated rings. The van der Waals surface area contributed by atoms with Crippen LogP contribution in [0.5, 0.6) is 11.5 Å². The van der Waals surface area contributed by atoms with Crippen molar-refractivity contribution in [1.82, 2.24) is 9.97 Å². The molecule has 3 aromatic rings. The Morgan fingerprint density at radius 2 is 1.83 bits per heavy atom. The number of rotatable bonds is 9. The van der Waals surface area contributed by atoms with Crippen molar-refractivity contribution in [1.29, 1.82) is 0 Å². The number of fused-ring (bicyclic) bond motifs is 1. The molecule has 11 heteroatoms. The van der Waals surface area contributed by atoms with E-state index in [0.717, 1.165) is 12.1 Å². The van der Waals surface area contributed by atoms with Crippen LogP contribution in [0.15, 0.2) is 36.4 Å². The number of benzene rings is 2. The number of nitrogens with zero attached hydrogens (tertiary/aromatic N) is 2. The lowest BCUT2D eigenvalue weighted by molar-refractivity contribution is -0.167. The third-order valence-electron chi connectivity index (χ3n) is 5.91. The zero-order valence-corrected chi connectivity index (χ0v) is 20.0. The first-order valence-electron chi connectivity index (χ1n) is 11.4. The first kappa shape index (κ1) is 25.9. The van der Waals surface area contributed by atoms with Gasteiger partial charge in [-0.05, 0) is 37.6 Å². The topological polar surface area (TPSA) is 65.5 Å². The van der Waals surface area contributed by atoms with Gasteiger partial charge in [-0.3, -0.25) is 0 Å². The maximum atomic E-state index is 13.2. The van der Waals surface area contributed by atoms with Crippen LogP contribution >= 0.6 is 0 Å². The number of hydrogen-bond acceptors (Lipinski definition) is 6. The Morgan fingerprint density at radius 3 is 2.50 bits per heavy atom. The van der Waals surface area contributed by atoms with Crippen LogP contribution in [0, 0.1) is 6.92 Å². The van der Waals surface area contributed by atoms with Crippen LogP contribution in [0.1, 0.15) is 42.8 Å². The lowest BCUT2D eigenvalue weighted by Gasteiger charge is -2.34. The molecule has 0 bridgehead atoms. The van der Waals surface area contributed by atoms with Crippen LogP contribution in [-0.4, -0.2) is 42.3 Å². The van der Waals surface area contributed by atoms with Gasteiger partial charge in [0.25, 0.3) is 5.92 Å². The van der Waals surface area contributed by atoms with Crippen LogP contribution in [0.4, 0.5) is 27.8 Å². The Balaban J connectivity index is 1.53. The van der Waals surface area contributed by atoms with Crippen molar-refractivity contribution in [2.45, 2.75) is 50.9 Å². The number of hydrogen-bond donors (Lipinski definition) is 1. The quantitative estimate of drug-likeness (QED) is 0.268. The van der Waals surface area contributed by atoms with Crippen LogP contribution in [0.25, 0.3) is 10.9 Å². The highest BCUT2D eigenvalue weighted by molar-refractivity contribution is 5.92. The molecule has 0 radical (unpaired) electrons. The normalized spacial score (nSPS) is 16.4. The Bertz CT molecular complexity index is 1230. The number of alkyl halides is 5. The number of halogens is 5. The summed E-state index contributed by atoms with van der Waals surface area (Å²) in [5, 5.41) is 3.76. The zero-order valence-electron chi connectivity index (χ0n) is 20.0. The fourth-order valence-corrected chi connectivity index (χ4v) is 4.00. The molecule has 0 aliphatic heterocycles. The molecule has 1 aromatic heterocycles. The lowest BCUT2D eigenvalue weighted by atomic mass is 9.91. The highest BCUT2D eigenvalue weighted by Crippen LogP contribution is 2.39. The molecule has 0 amide bonds. The number of nitrogens with one attached hydrogen (secondary N) is 1. The minimum atomic E-state index is -4.44. The number of ether oxygens (including phenoxy) is 3. The van der Waals surface area contributed by atoms with E-state index in [0.29, 0.717) is 39.6 Å². The van der Waals surface area contributed by atoms with Gasteiger partial charge in [0.15, 0.2) is 11.5 Å². The van der Waals surface area contributed by atoms with Crippen molar-refractivity contribution in [3.63, 3.8) is 0 Å². The Labute approximate surface area is 204 Å². The predicted octanol–water partition coefficient (Wildman–Crippen LogP) is 6.33. The molecular weight excluding hydrogens is 485 g/mol. The first-order valence-corrected chi connectivity index (χ1v) is 11.4. The summed E-state index contributed by atoms with van der Waals surface area (Å²) in [4.78, 5) is 8.88. The maximum Gasteiger partial charge on any atom is 0.416 e. The van der Waals surface area contributed by atoms with Crippen molar-refractivity contribution in [3.8, 4) is 11.5 Å². The van der Waals surface area contributed by atoms with Gasteiger partial charge in [-0.15, -0.1) is 0 Å². The molecule has 1 atom stereocenters. The van der Waals surface area contributed by atoms with Gasteiger partial charge in [0, 0.05) is 30.3 Å². The van der Waals surface area contributed by atoms with Gasteiger partial charge in [0.2, 0.25) is 0 Å². The van der Waals surface area contributed by atoms with Crippen LogP contribution < -0.4 is 14.8 Å². The summed E-state index contributed by atoms with van der Waals surface area (Å²) >= 11 is 0. The standard InChI is InChI=1S/C25H26F5N3O3/c1-14(16-5-4-6-17(9-16)25(28,29)30)31-23-19-10-22(21(34-3)11-20(19)32-15(2)33-23)36-8-7-35-18-12-24(26,27)13-18/h4-6,9-11,14,18H,7-8,12-13H2,1-3H3,(H,31,32,33)/t14-/m1/s1. The second-order valence-electron chi connectivity index (χ2n) is 8.73. The molecule has 0 saturated heterocycles. The van der Waals surface area contributed by atoms with Crippen molar-refractivity contribution in [2.24, 2.45) is 0 Å². The minimum absolute atomic E-state index is 0.111. The van der Waals surface area contributed by atoms with Crippen LogP contribution in [-0.2, 0) is 10.9 Å². The fraction of sp³-hybridized carbons (Fsp3) is 0.440. The van der Waals surface area contributed by atoms with Gasteiger partial charge in [0.1, 0.15) is 18.2 Å². The third-order valence-corrected chi connectivity index (χ3v) is 5.91. The second-order valence-corrected chi connectivity index (χ2v) is 8.73. The predicted molar refractivity (Wildman–Crippen MR) is 124 cm³/mol. The summed E-state index contributed by atoms with van der Waals surface area (Å²) < 4.78 is 82.0. The lowest BCUT2D eigenvalue weighted by Crippen LogP contribution is -2.41. The molecule has 0 spiro atoms. The average Bonchev–Trinajstić information content (AvgIpc) is 2.79. The molecule has 194 valence electrons. The van der Waals surface area contributed by atoms with Crippen LogP contribution in [0.3, 0.4) is 0 Å². The largest absolute Gasteiger partial charge is 0.493 e. The minimum Gasteiger partial charge on any atom is -0.493 e. The summed E-state index contributed by atoms with van der Waals surface area (Å²) in [5.41, 5.74) is 0.266. The maximum absolute atomic E-state index is 13.2. The van der Waals surface area contributed by atoms with Crippen LogP contribution in [0.2, 0.25) is 0 Å². The highest BCUT2D eigenvalue weighted by Gasteiger charge is 2.46. The van der Waals surface area contributed by atoms with Gasteiger partial charge >= 0.3 is 6.18 Å². The van der Waals surface area contributed by atoms with Crippen molar-refractivity contribution < 1.29 is 36.2 Å². The van der Waals surface area contributed by atoms with Crippen molar-refractivity contribution in [2.75, 3.05) is 25.6 Å². The van der Waals surface area contributed by atoms with E-state index in [4.69, 9.17) is 14.2 Å². The summed E-state index contributed by atoms with van der Waals surface area (Å²) in [5.74, 6) is -0.993. The van der Waals surface area contributed by atoms with Crippen molar-refractivity contribution in [3.05, 3.63) is 53.3 Å². The summed E-state index contributed by atoms with van der Waals surface area (Å²) in [6.45, 7) is 3.68. The van der Waals surface area contributed by atoms with E-state index in [9.17, 15) is 22.0 Å². The molecule has 4 rings (SSSR count). The van der Waals surface area contributed by atoms with E-state index in [1.165, 1.54) is 13.2 Å². The van der Waals surface area contributed by atoms with Gasteiger partial charge in [-0.2, -0.15) is 13.2 Å². The Morgan fingerprint density at radius 1 is 1.08 bits per heavy atom. The van der Waals surface area contributed by atoms with E-state index in [-0.39, 0.29) is 26.1 Å². The van der Waals surface area contributed by atoms with E-state index < -0.39 is 29.8 Å². The Hall–Kier alpha value is -3.21. The van der Waals surface area contributed by atoms with E-state index >= 15 is 0 Å². The number of anilines is 1. The molecule has 1 aliphatic carbocycles. The molecule has 1 aliphatic rings. The second kappa shape index (κ2) is 10.0. The molecule has 1 N–H and O–H groups in total. The van der Waals surface area contributed by atoms with E-state index in [1.54, 1.807) is 32.0 Å². The van der Waals surface area contributed by atoms with E-state index in [2.05, 4.69) is 15.3 Å². The molecule has 36 heavy (non-hydrogen) atoms. The Kier molecular flexibility index (Phi) is 7.21. The van der Waals surface area contributed by atoms with Gasteiger partial charge in [0.05, 0.1) is 30.9 Å². The van der Waals surface area contributed by atoms with Crippen molar-refractivity contribution >= 4 is 16.7 Å². The number of methoxy groups -OCH3 is 1. The van der Waals surface area contributed by atoms with E-state index in [1.807, 2.05) is 0 Å². The molecule has 2 aromatic carbocycles. The SMILES string of the molecule is COc1cc2nc(C)nc(N[C@H](C)c3cccc(C(F)(F)F)c3)c2cc1OCCOC1CC(F)(F)C1. The monoisotopic (exact) mass is 511 g/mol. The average molecular weight is 511 g/mol. The molecule has 6 nitrogen and oxygen atoms in total. The molecular formula is C25H26F5N3O3. The third kappa shape index (κ3) is 5.95. The number of aryl methyl sites for hydroxylation is 1. The fourth-order valence-electron chi connectivity index (χ4n) is 4.00. The number of aromatic nitrogens is 2.